The lowest BCUT2D eigenvalue weighted by Crippen LogP contribution is -2.41. The molecule has 1 saturated carbocycles. The third kappa shape index (κ3) is 4.91. The fourth-order valence-corrected chi connectivity index (χ4v) is 4.65. The summed E-state index contributed by atoms with van der Waals surface area (Å²) in [5.41, 5.74) is 3.31. The van der Waals surface area contributed by atoms with E-state index in [1.165, 1.54) is 12.0 Å². The van der Waals surface area contributed by atoms with Gasteiger partial charge in [-0.25, -0.2) is 0 Å². The van der Waals surface area contributed by atoms with Gasteiger partial charge in [-0.1, -0.05) is 66.0 Å². The van der Waals surface area contributed by atoms with Crippen LogP contribution in [-0.4, -0.2) is 16.5 Å². The molecule has 0 unspecified atom stereocenters. The lowest BCUT2D eigenvalue weighted by Gasteiger charge is -2.29. The molecule has 1 aromatic heterocycles. The number of hydrogen-bond donors (Lipinski definition) is 1. The molecule has 1 aliphatic carbocycles. The molecule has 0 saturated heterocycles. The van der Waals surface area contributed by atoms with Crippen molar-refractivity contribution in [3.05, 3.63) is 75.9 Å². The van der Waals surface area contributed by atoms with Gasteiger partial charge >= 0.3 is 0 Å². The van der Waals surface area contributed by atoms with Crippen LogP contribution in [-0.2, 0) is 11.3 Å². The standard InChI is InChI=1S/C26H26BrN3O/c1-18-6-2-4-8-24(18)29-26(31)20(15-28)14-21-17-30(25-9-5-3-7-23(21)25)16-19-10-12-22(27)13-11-19/h3,5,7,9-14,17-18,24H,2,4,6,8,16H2,1H3,(H,29,31)/b20-14+/t18-,24-/m1/s1. The Morgan fingerprint density at radius 2 is 1.94 bits per heavy atom. The van der Waals surface area contributed by atoms with Crippen LogP contribution in [0.3, 0.4) is 0 Å². The molecule has 4 nitrogen and oxygen atoms in total. The van der Waals surface area contributed by atoms with Crippen molar-refractivity contribution in [3.63, 3.8) is 0 Å². The fraction of sp³-hybridized carbons (Fsp3) is 0.308. The zero-order valence-corrected chi connectivity index (χ0v) is 19.2. The molecule has 3 aromatic rings. The largest absolute Gasteiger partial charge is 0.348 e. The van der Waals surface area contributed by atoms with Gasteiger partial charge in [0.05, 0.1) is 0 Å². The van der Waals surface area contributed by atoms with Gasteiger partial charge in [0, 0.05) is 39.7 Å². The molecule has 0 radical (unpaired) electrons. The van der Waals surface area contributed by atoms with Gasteiger partial charge < -0.3 is 9.88 Å². The number of aromatic nitrogens is 1. The van der Waals surface area contributed by atoms with Crippen molar-refractivity contribution in [2.24, 2.45) is 5.92 Å². The maximum absolute atomic E-state index is 12.8. The molecule has 1 N–H and O–H groups in total. The first kappa shape index (κ1) is 21.4. The van der Waals surface area contributed by atoms with Gasteiger partial charge in [0.15, 0.2) is 0 Å². The Balaban J connectivity index is 1.63. The highest BCUT2D eigenvalue weighted by Gasteiger charge is 2.24. The van der Waals surface area contributed by atoms with Gasteiger partial charge in [-0.3, -0.25) is 4.79 Å². The monoisotopic (exact) mass is 475 g/mol. The molecular formula is C26H26BrN3O. The Labute approximate surface area is 191 Å². The minimum Gasteiger partial charge on any atom is -0.348 e. The molecule has 2 atom stereocenters. The summed E-state index contributed by atoms with van der Waals surface area (Å²) in [6.07, 6.45) is 8.21. The number of benzene rings is 2. The van der Waals surface area contributed by atoms with Crippen molar-refractivity contribution in [1.82, 2.24) is 9.88 Å². The molecular weight excluding hydrogens is 450 g/mol. The number of rotatable bonds is 5. The van der Waals surface area contributed by atoms with E-state index in [9.17, 15) is 10.1 Å². The Bertz CT molecular complexity index is 1150. The maximum Gasteiger partial charge on any atom is 0.262 e. The molecule has 1 heterocycles. The van der Waals surface area contributed by atoms with Crippen molar-refractivity contribution in [1.29, 1.82) is 5.26 Å². The second-order valence-electron chi connectivity index (χ2n) is 8.37. The first-order valence-electron chi connectivity index (χ1n) is 10.8. The van der Waals surface area contributed by atoms with E-state index in [4.69, 9.17) is 0 Å². The molecule has 4 rings (SSSR count). The minimum absolute atomic E-state index is 0.150. The highest BCUT2D eigenvalue weighted by Crippen LogP contribution is 2.26. The third-order valence-electron chi connectivity index (χ3n) is 6.18. The van der Waals surface area contributed by atoms with Crippen LogP contribution < -0.4 is 5.32 Å². The highest BCUT2D eigenvalue weighted by atomic mass is 79.9. The zero-order valence-electron chi connectivity index (χ0n) is 17.6. The summed E-state index contributed by atoms with van der Waals surface area (Å²) in [5.74, 6) is 0.177. The topological polar surface area (TPSA) is 57.8 Å². The van der Waals surface area contributed by atoms with Crippen LogP contribution in [0.15, 0.2) is 64.8 Å². The van der Waals surface area contributed by atoms with E-state index < -0.39 is 0 Å². The highest BCUT2D eigenvalue weighted by molar-refractivity contribution is 9.10. The number of nitrogens with one attached hydrogen (secondary N) is 1. The third-order valence-corrected chi connectivity index (χ3v) is 6.71. The second-order valence-corrected chi connectivity index (χ2v) is 9.28. The van der Waals surface area contributed by atoms with Crippen molar-refractivity contribution in [2.45, 2.75) is 45.2 Å². The van der Waals surface area contributed by atoms with E-state index in [1.807, 2.05) is 36.5 Å². The number of nitrogens with zero attached hydrogens (tertiary/aromatic N) is 2. The second kappa shape index (κ2) is 9.53. The summed E-state index contributed by atoms with van der Waals surface area (Å²) in [6, 6.07) is 18.6. The first-order chi connectivity index (χ1) is 15.0. The van der Waals surface area contributed by atoms with Crippen LogP contribution >= 0.6 is 15.9 Å². The number of hydrogen-bond acceptors (Lipinski definition) is 2. The Kier molecular flexibility index (Phi) is 6.58. The number of fused-ring (bicyclic) bond motifs is 1. The Morgan fingerprint density at radius 1 is 1.19 bits per heavy atom. The van der Waals surface area contributed by atoms with Crippen molar-refractivity contribution in [3.8, 4) is 6.07 Å². The lowest BCUT2D eigenvalue weighted by atomic mass is 9.86. The average molecular weight is 476 g/mol. The first-order valence-corrected chi connectivity index (χ1v) is 11.6. The van der Waals surface area contributed by atoms with E-state index in [-0.39, 0.29) is 17.5 Å². The van der Waals surface area contributed by atoms with E-state index in [0.29, 0.717) is 5.92 Å². The quantitative estimate of drug-likeness (QED) is 0.360. The van der Waals surface area contributed by atoms with Gasteiger partial charge in [-0.2, -0.15) is 5.26 Å². The summed E-state index contributed by atoms with van der Waals surface area (Å²) < 4.78 is 3.22. The van der Waals surface area contributed by atoms with E-state index in [1.54, 1.807) is 6.08 Å². The van der Waals surface area contributed by atoms with Crippen molar-refractivity contribution >= 4 is 38.8 Å². The summed E-state index contributed by atoms with van der Waals surface area (Å²) in [5, 5.41) is 13.8. The fourth-order valence-electron chi connectivity index (χ4n) is 4.39. The van der Waals surface area contributed by atoms with Gasteiger partial charge in [-0.15, -0.1) is 0 Å². The molecule has 158 valence electrons. The maximum atomic E-state index is 12.8. The van der Waals surface area contributed by atoms with Gasteiger partial charge in [0.1, 0.15) is 11.6 Å². The molecule has 2 aromatic carbocycles. The van der Waals surface area contributed by atoms with Crippen molar-refractivity contribution in [2.75, 3.05) is 0 Å². The van der Waals surface area contributed by atoms with E-state index >= 15 is 0 Å². The number of halogens is 1. The smallest absolute Gasteiger partial charge is 0.262 e. The van der Waals surface area contributed by atoms with Crippen LogP contribution in [0.1, 0.15) is 43.7 Å². The number of para-hydroxylation sites is 1. The van der Waals surface area contributed by atoms with Gasteiger partial charge in [0.25, 0.3) is 5.91 Å². The number of carbonyl (C=O) groups is 1. The molecule has 1 amide bonds. The molecule has 31 heavy (non-hydrogen) atoms. The van der Waals surface area contributed by atoms with Crippen LogP contribution in [0.2, 0.25) is 0 Å². The number of amides is 1. The van der Waals surface area contributed by atoms with Gasteiger partial charge in [0.2, 0.25) is 0 Å². The summed E-state index contributed by atoms with van der Waals surface area (Å²) >= 11 is 3.48. The van der Waals surface area contributed by atoms with E-state index in [0.717, 1.165) is 46.7 Å². The van der Waals surface area contributed by atoms with E-state index in [2.05, 4.69) is 57.0 Å². The summed E-state index contributed by atoms with van der Waals surface area (Å²) in [6.45, 7) is 2.89. The zero-order chi connectivity index (χ0) is 21.8. The van der Waals surface area contributed by atoms with Crippen LogP contribution in [0.5, 0.6) is 0 Å². The number of carbonyl (C=O) groups excluding carboxylic acids is 1. The van der Waals surface area contributed by atoms with Gasteiger partial charge in [-0.05, 0) is 48.6 Å². The molecule has 5 heteroatoms. The Morgan fingerprint density at radius 3 is 2.68 bits per heavy atom. The Hall–Kier alpha value is -2.84. The predicted octanol–water partition coefficient (Wildman–Crippen LogP) is 6.05. The van der Waals surface area contributed by atoms with Crippen LogP contribution in [0, 0.1) is 17.2 Å². The average Bonchev–Trinajstić information content (AvgIpc) is 3.12. The summed E-state index contributed by atoms with van der Waals surface area (Å²) in [4.78, 5) is 12.8. The molecule has 1 aliphatic rings. The van der Waals surface area contributed by atoms with Crippen LogP contribution in [0.4, 0.5) is 0 Å². The summed E-state index contributed by atoms with van der Waals surface area (Å²) in [7, 11) is 0. The minimum atomic E-state index is -0.272. The lowest BCUT2D eigenvalue weighted by molar-refractivity contribution is -0.118. The molecule has 0 aliphatic heterocycles. The predicted molar refractivity (Wildman–Crippen MR) is 128 cm³/mol. The molecule has 0 spiro atoms. The van der Waals surface area contributed by atoms with Crippen LogP contribution in [0.25, 0.3) is 17.0 Å². The SMILES string of the molecule is C[C@@H]1CCCC[C@H]1NC(=O)/C(C#N)=C/c1cn(Cc2ccc(Br)cc2)c2ccccc12. The molecule has 1 fully saturated rings. The van der Waals surface area contributed by atoms with Crippen molar-refractivity contribution < 1.29 is 4.79 Å². The number of nitriles is 1. The normalized spacial score (nSPS) is 19.2. The molecule has 0 bridgehead atoms.